The summed E-state index contributed by atoms with van der Waals surface area (Å²) in [5, 5.41) is 0. The van der Waals surface area contributed by atoms with Crippen molar-refractivity contribution in [1.29, 1.82) is 0 Å². The van der Waals surface area contributed by atoms with E-state index in [-0.39, 0.29) is 0 Å². The average molecular weight is 238 g/mol. The Morgan fingerprint density at radius 1 is 1.12 bits per heavy atom. The Hall–Kier alpha value is -0.0800. The monoisotopic (exact) mass is 238 g/mol. The van der Waals surface area contributed by atoms with Gasteiger partial charge >= 0.3 is 0 Å². The van der Waals surface area contributed by atoms with Gasteiger partial charge in [-0.3, -0.25) is 4.90 Å². The second-order valence-electron chi connectivity index (χ2n) is 6.06. The van der Waals surface area contributed by atoms with Crippen LogP contribution in [0.5, 0.6) is 0 Å². The lowest BCUT2D eigenvalue weighted by Crippen LogP contribution is -2.61. The molecule has 2 heteroatoms. The van der Waals surface area contributed by atoms with Crippen molar-refractivity contribution < 1.29 is 0 Å². The van der Waals surface area contributed by atoms with Crippen LogP contribution < -0.4 is 5.73 Å². The molecule has 3 atom stereocenters. The molecule has 1 aliphatic carbocycles. The number of nitrogens with zero attached hydrogens (tertiary/aromatic N) is 1. The Kier molecular flexibility index (Phi) is 4.48. The minimum Gasteiger partial charge on any atom is -0.329 e. The van der Waals surface area contributed by atoms with Gasteiger partial charge in [0.25, 0.3) is 0 Å². The third-order valence-electron chi connectivity index (χ3n) is 5.44. The van der Waals surface area contributed by atoms with E-state index in [0.717, 1.165) is 18.5 Å². The fourth-order valence-electron chi connectivity index (χ4n) is 4.49. The van der Waals surface area contributed by atoms with E-state index in [1.54, 1.807) is 0 Å². The van der Waals surface area contributed by atoms with Crippen LogP contribution in [0, 0.1) is 5.92 Å². The normalized spacial score (nSPS) is 39.7. The summed E-state index contributed by atoms with van der Waals surface area (Å²) in [6, 6.07) is 0.811. The molecule has 17 heavy (non-hydrogen) atoms. The van der Waals surface area contributed by atoms with Gasteiger partial charge in [0.2, 0.25) is 0 Å². The van der Waals surface area contributed by atoms with Gasteiger partial charge in [-0.1, -0.05) is 33.1 Å². The summed E-state index contributed by atoms with van der Waals surface area (Å²) >= 11 is 0. The van der Waals surface area contributed by atoms with Crippen LogP contribution in [-0.4, -0.2) is 29.6 Å². The second-order valence-corrected chi connectivity index (χ2v) is 6.06. The summed E-state index contributed by atoms with van der Waals surface area (Å²) < 4.78 is 0. The zero-order valence-corrected chi connectivity index (χ0v) is 11.8. The highest BCUT2D eigenvalue weighted by molar-refractivity contribution is 5.03. The first-order valence-electron chi connectivity index (χ1n) is 7.75. The molecule has 2 aliphatic rings. The van der Waals surface area contributed by atoms with Crippen molar-refractivity contribution in [3.63, 3.8) is 0 Å². The fourth-order valence-corrected chi connectivity index (χ4v) is 4.49. The van der Waals surface area contributed by atoms with Gasteiger partial charge in [0.1, 0.15) is 0 Å². The van der Waals surface area contributed by atoms with Gasteiger partial charge in [0, 0.05) is 18.1 Å². The van der Waals surface area contributed by atoms with Gasteiger partial charge in [-0.2, -0.15) is 0 Å². The maximum Gasteiger partial charge on any atom is 0.0362 e. The predicted molar refractivity (Wildman–Crippen MR) is 74.1 cm³/mol. The lowest BCUT2D eigenvalue weighted by Gasteiger charge is -2.52. The van der Waals surface area contributed by atoms with Gasteiger partial charge in [-0.15, -0.1) is 0 Å². The Labute approximate surface area is 107 Å². The molecule has 0 aromatic rings. The Balaban J connectivity index is 2.21. The number of hydrogen-bond acceptors (Lipinski definition) is 2. The minimum absolute atomic E-state index is 0.351. The van der Waals surface area contributed by atoms with Gasteiger partial charge in [0.15, 0.2) is 0 Å². The quantitative estimate of drug-likeness (QED) is 0.815. The minimum atomic E-state index is 0.351. The molecule has 1 aliphatic heterocycles. The summed E-state index contributed by atoms with van der Waals surface area (Å²) in [5.41, 5.74) is 6.61. The smallest absolute Gasteiger partial charge is 0.0362 e. The van der Waals surface area contributed by atoms with Crippen molar-refractivity contribution in [2.24, 2.45) is 11.7 Å². The third-order valence-corrected chi connectivity index (χ3v) is 5.44. The van der Waals surface area contributed by atoms with Gasteiger partial charge < -0.3 is 5.73 Å². The Bertz CT molecular complexity index is 241. The third kappa shape index (κ3) is 2.26. The lowest BCUT2D eigenvalue weighted by atomic mass is 9.70. The van der Waals surface area contributed by atoms with Crippen molar-refractivity contribution in [2.45, 2.75) is 76.8 Å². The van der Waals surface area contributed by atoms with Crippen molar-refractivity contribution >= 4 is 0 Å². The molecule has 0 bridgehead atoms. The molecule has 1 heterocycles. The highest BCUT2D eigenvalue weighted by Gasteiger charge is 2.46. The van der Waals surface area contributed by atoms with Crippen LogP contribution in [0.4, 0.5) is 0 Å². The van der Waals surface area contributed by atoms with Crippen molar-refractivity contribution in [2.75, 3.05) is 13.1 Å². The van der Waals surface area contributed by atoms with Gasteiger partial charge in [-0.25, -0.2) is 0 Å². The molecule has 0 aromatic carbocycles. The van der Waals surface area contributed by atoms with E-state index < -0.39 is 0 Å². The molecule has 2 N–H and O–H groups in total. The first kappa shape index (κ1) is 13.4. The SMILES string of the molecule is CCC1CCCN1C1(CN)CCCCC1CC. The van der Waals surface area contributed by atoms with E-state index in [2.05, 4.69) is 18.7 Å². The molecule has 0 aromatic heterocycles. The topological polar surface area (TPSA) is 29.3 Å². The van der Waals surface area contributed by atoms with Crippen molar-refractivity contribution in [3.8, 4) is 0 Å². The summed E-state index contributed by atoms with van der Waals surface area (Å²) in [5.74, 6) is 0.841. The largest absolute Gasteiger partial charge is 0.329 e. The van der Waals surface area contributed by atoms with Crippen LogP contribution in [0.2, 0.25) is 0 Å². The van der Waals surface area contributed by atoms with Gasteiger partial charge in [-0.05, 0) is 44.6 Å². The molecule has 100 valence electrons. The van der Waals surface area contributed by atoms with E-state index in [1.165, 1.54) is 57.9 Å². The number of nitrogens with two attached hydrogens (primary N) is 1. The highest BCUT2D eigenvalue weighted by Crippen LogP contribution is 2.43. The summed E-state index contributed by atoms with van der Waals surface area (Å²) in [4.78, 5) is 2.82. The predicted octanol–water partition coefficient (Wildman–Crippen LogP) is 3.16. The van der Waals surface area contributed by atoms with Crippen LogP contribution in [0.25, 0.3) is 0 Å². The highest BCUT2D eigenvalue weighted by atomic mass is 15.3. The number of likely N-dealkylation sites (tertiary alicyclic amines) is 1. The molecule has 0 radical (unpaired) electrons. The Morgan fingerprint density at radius 2 is 1.94 bits per heavy atom. The molecular weight excluding hydrogens is 208 g/mol. The van der Waals surface area contributed by atoms with Crippen LogP contribution in [0.3, 0.4) is 0 Å². The van der Waals surface area contributed by atoms with Crippen molar-refractivity contribution in [1.82, 2.24) is 4.90 Å². The summed E-state index contributed by atoms with van der Waals surface area (Å²) in [6.07, 6.45) is 11.0. The molecule has 3 unspecified atom stereocenters. The molecule has 2 nitrogen and oxygen atoms in total. The molecule has 0 spiro atoms. The number of hydrogen-bond donors (Lipinski definition) is 1. The van der Waals surface area contributed by atoms with E-state index in [9.17, 15) is 0 Å². The molecule has 2 rings (SSSR count). The summed E-state index contributed by atoms with van der Waals surface area (Å²) in [7, 11) is 0. The average Bonchev–Trinajstić information content (AvgIpc) is 2.87. The van der Waals surface area contributed by atoms with Crippen LogP contribution in [0.1, 0.15) is 65.2 Å². The molecule has 0 amide bonds. The van der Waals surface area contributed by atoms with E-state index in [0.29, 0.717) is 5.54 Å². The molecule has 2 fully saturated rings. The van der Waals surface area contributed by atoms with Crippen LogP contribution >= 0.6 is 0 Å². The maximum atomic E-state index is 6.26. The first-order chi connectivity index (χ1) is 8.28. The fraction of sp³-hybridized carbons (Fsp3) is 1.00. The van der Waals surface area contributed by atoms with Crippen LogP contribution in [0.15, 0.2) is 0 Å². The maximum absolute atomic E-state index is 6.26. The van der Waals surface area contributed by atoms with E-state index in [1.807, 2.05) is 0 Å². The van der Waals surface area contributed by atoms with Gasteiger partial charge in [0.05, 0.1) is 0 Å². The van der Waals surface area contributed by atoms with Crippen LogP contribution in [-0.2, 0) is 0 Å². The lowest BCUT2D eigenvalue weighted by molar-refractivity contribution is -0.00607. The van der Waals surface area contributed by atoms with E-state index >= 15 is 0 Å². The standard InChI is InChI=1S/C15H30N2/c1-3-13-8-5-6-10-15(13,12-16)17-11-7-9-14(17)4-2/h13-14H,3-12,16H2,1-2H3. The zero-order chi connectivity index (χ0) is 12.3. The Morgan fingerprint density at radius 3 is 2.59 bits per heavy atom. The van der Waals surface area contributed by atoms with Crippen molar-refractivity contribution in [3.05, 3.63) is 0 Å². The second kappa shape index (κ2) is 5.71. The zero-order valence-electron chi connectivity index (χ0n) is 11.8. The molecular formula is C15H30N2. The number of rotatable bonds is 4. The first-order valence-corrected chi connectivity index (χ1v) is 7.75. The molecule has 1 saturated carbocycles. The van der Waals surface area contributed by atoms with E-state index in [4.69, 9.17) is 5.73 Å². The molecule has 1 saturated heterocycles. The summed E-state index contributed by atoms with van der Waals surface area (Å²) in [6.45, 7) is 6.88.